The van der Waals surface area contributed by atoms with Crippen LogP contribution in [0.5, 0.6) is 0 Å². The zero-order chi connectivity index (χ0) is 20.0. The predicted molar refractivity (Wildman–Crippen MR) is 120 cm³/mol. The molecule has 0 aliphatic heterocycles. The first-order valence-electron chi connectivity index (χ1n) is 10.7. The van der Waals surface area contributed by atoms with E-state index in [9.17, 15) is 0 Å². The molecule has 0 unspecified atom stereocenters. The summed E-state index contributed by atoms with van der Waals surface area (Å²) in [6, 6.07) is 14.7. The van der Waals surface area contributed by atoms with E-state index in [2.05, 4.69) is 96.2 Å². The monoisotopic (exact) mass is 516 g/mol. The van der Waals surface area contributed by atoms with E-state index in [0.29, 0.717) is 15.5 Å². The zero-order valence-corrected chi connectivity index (χ0v) is 22.9. The molecule has 0 heterocycles. The van der Waals surface area contributed by atoms with Crippen molar-refractivity contribution in [2.75, 3.05) is 0 Å². The number of benzene rings is 2. The van der Waals surface area contributed by atoms with E-state index in [-0.39, 0.29) is 24.8 Å². The van der Waals surface area contributed by atoms with Crippen LogP contribution in [0.3, 0.4) is 0 Å². The van der Waals surface area contributed by atoms with Gasteiger partial charge in [0, 0.05) is 0 Å². The van der Waals surface area contributed by atoms with E-state index in [1.807, 2.05) is 0 Å². The average Bonchev–Trinajstić information content (AvgIpc) is 3.28. The second kappa shape index (κ2) is 10.2. The largest absolute Gasteiger partial charge is 1.00 e. The van der Waals surface area contributed by atoms with Crippen molar-refractivity contribution in [1.29, 1.82) is 0 Å². The Kier molecular flexibility index (Phi) is 8.71. The van der Waals surface area contributed by atoms with Gasteiger partial charge in [0.15, 0.2) is 0 Å². The minimum atomic E-state index is -1.97. The molecule has 4 rings (SSSR count). The zero-order valence-electron chi connectivity index (χ0n) is 18.9. The number of allylic oxidation sites excluding steroid dienone is 4. The van der Waals surface area contributed by atoms with Gasteiger partial charge in [0.2, 0.25) is 0 Å². The summed E-state index contributed by atoms with van der Waals surface area (Å²) >= 11 is -1.97. The van der Waals surface area contributed by atoms with Crippen LogP contribution in [0.4, 0.5) is 0 Å². The molecule has 2 aliphatic carbocycles. The summed E-state index contributed by atoms with van der Waals surface area (Å²) in [4.78, 5) is 0. The molecule has 0 saturated carbocycles. The molecule has 158 valence electrons. The Morgan fingerprint density at radius 3 is 1.70 bits per heavy atom. The van der Waals surface area contributed by atoms with E-state index in [1.54, 1.807) is 17.6 Å². The molecular weight excluding hydrogens is 486 g/mol. The van der Waals surface area contributed by atoms with Crippen LogP contribution in [0, 0.1) is 0 Å². The molecular formula is C27H32Cl2Zr. The van der Waals surface area contributed by atoms with Gasteiger partial charge in [-0.05, 0) is 0 Å². The van der Waals surface area contributed by atoms with Crippen LogP contribution in [0.1, 0.15) is 85.7 Å². The van der Waals surface area contributed by atoms with Crippen molar-refractivity contribution in [3.63, 3.8) is 0 Å². The van der Waals surface area contributed by atoms with Gasteiger partial charge in [-0.1, -0.05) is 0 Å². The number of hydrogen-bond acceptors (Lipinski definition) is 0. The third-order valence-corrected chi connectivity index (χ3v) is 14.6. The fourth-order valence-electron chi connectivity index (χ4n) is 4.76. The SMILES string of the molecule is C[C](C)=[Zr+2]([C]1=CC=CC1)[CH]1c2ccc(C(C)C)cc2-c2cc(C(C)C)ccc21.[Cl-].[Cl-]. The second-order valence-electron chi connectivity index (χ2n) is 9.17. The fourth-order valence-corrected chi connectivity index (χ4v) is 12.9. The summed E-state index contributed by atoms with van der Waals surface area (Å²) in [6.07, 6.45) is 8.23. The molecule has 3 heteroatoms. The summed E-state index contributed by atoms with van der Waals surface area (Å²) in [7, 11) is 0. The Morgan fingerprint density at radius 1 is 0.833 bits per heavy atom. The molecule has 0 radical (unpaired) electrons. The number of rotatable bonds is 4. The standard InChI is InChI=1S/C19H21.C5H5.C3H6.2ClH.Zr/c1-12(2)14-5-7-16-9-17-8-6-15(13(3)4)11-19(17)18(16)10-14;1-2-4-5-3-1;1-3-2;;;/h5-13H,1-4H3;1-3H,4H2;1-2H3;2*1H;/q;;;;;+2/p-2. The molecule has 0 spiro atoms. The van der Waals surface area contributed by atoms with Crippen molar-refractivity contribution >= 4 is 3.21 Å². The Balaban J connectivity index is 0.00000160. The average molecular weight is 519 g/mol. The molecule has 2 aliphatic rings. The minimum Gasteiger partial charge on any atom is -1.00 e. The predicted octanol–water partition coefficient (Wildman–Crippen LogP) is 1.69. The van der Waals surface area contributed by atoms with Gasteiger partial charge in [0.25, 0.3) is 0 Å². The molecule has 0 N–H and O–H groups in total. The van der Waals surface area contributed by atoms with Gasteiger partial charge in [-0.3, -0.25) is 0 Å². The maximum Gasteiger partial charge on any atom is -1.00 e. The number of hydrogen-bond donors (Lipinski definition) is 0. The van der Waals surface area contributed by atoms with Crippen LogP contribution in [0.15, 0.2) is 57.9 Å². The summed E-state index contributed by atoms with van der Waals surface area (Å²) in [5.74, 6) is 1.14. The van der Waals surface area contributed by atoms with E-state index in [0.717, 1.165) is 0 Å². The maximum atomic E-state index is 2.50. The van der Waals surface area contributed by atoms with Gasteiger partial charge in [-0.25, -0.2) is 0 Å². The molecule has 0 bridgehead atoms. The smallest absolute Gasteiger partial charge is 1.00 e. The minimum absolute atomic E-state index is 0. The van der Waals surface area contributed by atoms with Gasteiger partial charge >= 0.3 is 179 Å². The van der Waals surface area contributed by atoms with Crippen molar-refractivity contribution in [3.05, 3.63) is 80.2 Å². The van der Waals surface area contributed by atoms with Crippen molar-refractivity contribution in [3.8, 4) is 11.1 Å². The molecule has 2 aromatic carbocycles. The summed E-state index contributed by atoms with van der Waals surface area (Å²) < 4.78 is 4.10. The van der Waals surface area contributed by atoms with Gasteiger partial charge in [-0.2, -0.15) is 0 Å². The molecule has 0 saturated heterocycles. The van der Waals surface area contributed by atoms with E-state index in [1.165, 1.54) is 28.7 Å². The number of fused-ring (bicyclic) bond motifs is 3. The third-order valence-electron chi connectivity index (χ3n) is 6.34. The molecule has 0 atom stereocenters. The first-order chi connectivity index (χ1) is 13.4. The maximum absolute atomic E-state index is 2.50. The van der Waals surface area contributed by atoms with Crippen LogP contribution in [-0.4, -0.2) is 3.21 Å². The molecule has 0 aromatic heterocycles. The fraction of sp³-hybridized carbons (Fsp3) is 0.370. The Morgan fingerprint density at radius 2 is 1.33 bits per heavy atom. The molecule has 0 nitrogen and oxygen atoms in total. The quantitative estimate of drug-likeness (QED) is 0.578. The van der Waals surface area contributed by atoms with Crippen LogP contribution in [-0.2, 0) is 21.3 Å². The van der Waals surface area contributed by atoms with Crippen molar-refractivity contribution < 1.29 is 46.1 Å². The van der Waals surface area contributed by atoms with Crippen molar-refractivity contribution in [1.82, 2.24) is 0 Å². The van der Waals surface area contributed by atoms with E-state index >= 15 is 0 Å². The van der Waals surface area contributed by atoms with E-state index < -0.39 is 21.3 Å². The van der Waals surface area contributed by atoms with Crippen LogP contribution in [0.2, 0.25) is 0 Å². The van der Waals surface area contributed by atoms with Crippen LogP contribution >= 0.6 is 0 Å². The van der Waals surface area contributed by atoms with Gasteiger partial charge in [-0.15, -0.1) is 0 Å². The van der Waals surface area contributed by atoms with Crippen molar-refractivity contribution in [2.24, 2.45) is 0 Å². The topological polar surface area (TPSA) is 0 Å². The van der Waals surface area contributed by atoms with Gasteiger partial charge < -0.3 is 24.8 Å². The van der Waals surface area contributed by atoms with Gasteiger partial charge in [0.05, 0.1) is 0 Å². The Bertz CT molecular complexity index is 964. The van der Waals surface area contributed by atoms with E-state index in [4.69, 9.17) is 0 Å². The first-order valence-corrected chi connectivity index (χ1v) is 14.6. The summed E-state index contributed by atoms with van der Waals surface area (Å²) in [5, 5.41) is 0. The Hall–Kier alpha value is -0.747. The van der Waals surface area contributed by atoms with Crippen LogP contribution in [0.25, 0.3) is 11.1 Å². The summed E-state index contributed by atoms with van der Waals surface area (Å²) in [5.41, 5.74) is 9.15. The normalized spacial score (nSPS) is 13.9. The van der Waals surface area contributed by atoms with Crippen LogP contribution < -0.4 is 24.8 Å². The summed E-state index contributed by atoms with van der Waals surface area (Å²) in [6.45, 7) is 14.0. The van der Waals surface area contributed by atoms with Gasteiger partial charge in [0.1, 0.15) is 0 Å². The number of halogens is 2. The first kappa shape index (κ1) is 25.5. The second-order valence-corrected chi connectivity index (χ2v) is 16.7. The molecule has 0 fully saturated rings. The van der Waals surface area contributed by atoms with Crippen molar-refractivity contribution in [2.45, 2.75) is 63.4 Å². The molecule has 30 heavy (non-hydrogen) atoms. The third kappa shape index (κ3) is 4.55. The molecule has 2 aromatic rings. The molecule has 0 amide bonds. The Labute approximate surface area is 202 Å².